The van der Waals surface area contributed by atoms with Crippen molar-refractivity contribution in [3.8, 4) is 22.5 Å². The molecule has 1 heterocycles. The fourth-order valence-electron chi connectivity index (χ4n) is 3.47. The lowest BCUT2D eigenvalue weighted by Gasteiger charge is -2.17. The van der Waals surface area contributed by atoms with Crippen molar-refractivity contribution >= 4 is 23.4 Å². The number of alkyl halides is 3. The summed E-state index contributed by atoms with van der Waals surface area (Å²) in [6, 6.07) is 15.7. The third-order valence-electron chi connectivity index (χ3n) is 5.30. The van der Waals surface area contributed by atoms with Crippen molar-refractivity contribution in [2.45, 2.75) is 29.9 Å². The van der Waals surface area contributed by atoms with E-state index >= 15 is 0 Å². The Labute approximate surface area is 213 Å². The molecule has 1 aromatic heterocycles. The highest BCUT2D eigenvalue weighted by atomic mass is 32.2. The summed E-state index contributed by atoms with van der Waals surface area (Å²) in [4.78, 5) is 17.4. The van der Waals surface area contributed by atoms with Crippen LogP contribution in [-0.2, 0) is 11.0 Å². The fourth-order valence-corrected chi connectivity index (χ4v) is 4.29. The summed E-state index contributed by atoms with van der Waals surface area (Å²) in [6.07, 6.45) is -4.37. The molecule has 4 aromatic rings. The smallest absolute Gasteiger partial charge is 0.325 e. The number of hydrogen-bond acceptors (Lipinski definition) is 5. The van der Waals surface area contributed by atoms with Crippen LogP contribution in [0.1, 0.15) is 18.9 Å². The number of halogens is 5. The number of para-hydroxylation sites is 1. The number of amides is 1. The van der Waals surface area contributed by atoms with Gasteiger partial charge in [-0.2, -0.15) is 13.2 Å². The molecule has 1 atom stereocenters. The van der Waals surface area contributed by atoms with E-state index in [1.165, 1.54) is 66.7 Å². The molecule has 0 saturated heterocycles. The van der Waals surface area contributed by atoms with Gasteiger partial charge in [0, 0.05) is 11.1 Å². The maximum absolute atomic E-state index is 13.5. The molecule has 0 saturated carbocycles. The normalized spacial score (nSPS) is 12.3. The van der Waals surface area contributed by atoms with Crippen molar-refractivity contribution in [1.82, 2.24) is 15.2 Å². The van der Waals surface area contributed by atoms with E-state index in [0.29, 0.717) is 22.5 Å². The molecule has 0 unspecified atom stereocenters. The van der Waals surface area contributed by atoms with E-state index < -0.39 is 34.5 Å². The topological polar surface area (TPSA) is 67.8 Å². The molecule has 0 radical (unpaired) electrons. The van der Waals surface area contributed by atoms with Crippen molar-refractivity contribution in [3.05, 3.63) is 90.0 Å². The lowest BCUT2D eigenvalue weighted by atomic mass is 10.0. The minimum absolute atomic E-state index is 0.0938. The standard InChI is InChI=1S/C26H19F5N4OS/c1-2-21(24(36)32-20-6-4-3-5-19(20)26(29,30)31)37-25-33-22(15-7-11-17(27)12-8-15)23(34-35-25)16-9-13-18(28)14-10-16/h3-14,21H,2H2,1H3,(H,32,36)/t21-/m1/s1. The second kappa shape index (κ2) is 11.0. The molecule has 1 N–H and O–H groups in total. The van der Waals surface area contributed by atoms with Crippen molar-refractivity contribution in [2.75, 3.05) is 5.32 Å². The first-order chi connectivity index (χ1) is 17.7. The molecule has 0 aliphatic rings. The van der Waals surface area contributed by atoms with Gasteiger partial charge in [-0.15, -0.1) is 10.2 Å². The van der Waals surface area contributed by atoms with E-state index in [4.69, 9.17) is 0 Å². The summed E-state index contributed by atoms with van der Waals surface area (Å²) >= 11 is 0.936. The zero-order chi connectivity index (χ0) is 26.6. The van der Waals surface area contributed by atoms with Gasteiger partial charge < -0.3 is 5.32 Å². The van der Waals surface area contributed by atoms with Crippen LogP contribution in [0.5, 0.6) is 0 Å². The predicted molar refractivity (Wildman–Crippen MR) is 131 cm³/mol. The molecule has 190 valence electrons. The molecule has 11 heteroatoms. The van der Waals surface area contributed by atoms with E-state index in [1.54, 1.807) is 6.92 Å². The molecule has 37 heavy (non-hydrogen) atoms. The van der Waals surface area contributed by atoms with Gasteiger partial charge in [0.05, 0.1) is 16.5 Å². The number of rotatable bonds is 7. The van der Waals surface area contributed by atoms with E-state index in [2.05, 4.69) is 20.5 Å². The van der Waals surface area contributed by atoms with E-state index in [9.17, 15) is 26.7 Å². The molecule has 0 aliphatic carbocycles. The molecule has 0 fully saturated rings. The van der Waals surface area contributed by atoms with Gasteiger partial charge in [-0.1, -0.05) is 30.8 Å². The van der Waals surface area contributed by atoms with Crippen LogP contribution in [0.25, 0.3) is 22.5 Å². The lowest BCUT2D eigenvalue weighted by molar-refractivity contribution is -0.137. The Hall–Kier alpha value is -3.86. The van der Waals surface area contributed by atoms with E-state index in [0.717, 1.165) is 17.8 Å². The molecular weight excluding hydrogens is 511 g/mol. The van der Waals surface area contributed by atoms with Gasteiger partial charge in [-0.05, 0) is 67.1 Å². The summed E-state index contributed by atoms with van der Waals surface area (Å²) in [6.45, 7) is 1.70. The monoisotopic (exact) mass is 530 g/mol. The Morgan fingerprint density at radius 3 is 2.00 bits per heavy atom. The van der Waals surface area contributed by atoms with Gasteiger partial charge in [0.25, 0.3) is 0 Å². The first-order valence-electron chi connectivity index (χ1n) is 11.1. The van der Waals surface area contributed by atoms with Crippen molar-refractivity contribution in [3.63, 3.8) is 0 Å². The second-order valence-electron chi connectivity index (χ2n) is 7.85. The maximum Gasteiger partial charge on any atom is 0.418 e. The minimum Gasteiger partial charge on any atom is -0.325 e. The number of thioether (sulfide) groups is 1. The molecule has 4 rings (SSSR count). The van der Waals surface area contributed by atoms with Crippen molar-refractivity contribution in [2.24, 2.45) is 0 Å². The lowest BCUT2D eigenvalue weighted by Crippen LogP contribution is -2.26. The summed E-state index contributed by atoms with van der Waals surface area (Å²) in [5.74, 6) is -1.55. The van der Waals surface area contributed by atoms with Crippen LogP contribution in [0.4, 0.5) is 27.6 Å². The Kier molecular flexibility index (Phi) is 7.82. The Morgan fingerprint density at radius 1 is 0.865 bits per heavy atom. The zero-order valence-electron chi connectivity index (χ0n) is 19.3. The number of nitrogens with one attached hydrogen (secondary N) is 1. The quantitative estimate of drug-likeness (QED) is 0.206. The number of hydrogen-bond donors (Lipinski definition) is 1. The van der Waals surface area contributed by atoms with Crippen LogP contribution in [0.2, 0.25) is 0 Å². The molecule has 0 spiro atoms. The van der Waals surface area contributed by atoms with Crippen molar-refractivity contribution in [1.29, 1.82) is 0 Å². The predicted octanol–water partition coefficient (Wildman–Crippen LogP) is 7.01. The average Bonchev–Trinajstić information content (AvgIpc) is 2.88. The van der Waals surface area contributed by atoms with Crippen LogP contribution in [0, 0.1) is 11.6 Å². The van der Waals surface area contributed by atoms with Crippen molar-refractivity contribution < 1.29 is 26.7 Å². The van der Waals surface area contributed by atoms with Gasteiger partial charge in [-0.25, -0.2) is 13.8 Å². The van der Waals surface area contributed by atoms with Gasteiger partial charge in [0.15, 0.2) is 0 Å². The first kappa shape index (κ1) is 26.2. The van der Waals surface area contributed by atoms with Gasteiger partial charge in [0.1, 0.15) is 23.0 Å². The number of nitrogens with zero attached hydrogens (tertiary/aromatic N) is 3. The fraction of sp³-hybridized carbons (Fsp3) is 0.154. The van der Waals surface area contributed by atoms with Gasteiger partial charge >= 0.3 is 6.18 Å². The van der Waals surface area contributed by atoms with E-state index in [1.807, 2.05) is 0 Å². The molecule has 3 aromatic carbocycles. The van der Waals surface area contributed by atoms with Crippen LogP contribution >= 0.6 is 11.8 Å². The molecule has 0 bridgehead atoms. The largest absolute Gasteiger partial charge is 0.418 e. The van der Waals surface area contributed by atoms with Gasteiger partial charge in [-0.3, -0.25) is 4.79 Å². The number of carbonyl (C=O) groups is 1. The first-order valence-corrected chi connectivity index (χ1v) is 11.9. The molecule has 5 nitrogen and oxygen atoms in total. The summed E-state index contributed by atoms with van der Waals surface area (Å²) in [5, 5.41) is 9.93. The van der Waals surface area contributed by atoms with Crippen LogP contribution in [-0.4, -0.2) is 26.3 Å². The Morgan fingerprint density at radius 2 is 1.43 bits per heavy atom. The molecular formula is C26H19F5N4OS. The van der Waals surface area contributed by atoms with Crippen LogP contribution in [0.3, 0.4) is 0 Å². The van der Waals surface area contributed by atoms with E-state index in [-0.39, 0.29) is 17.3 Å². The highest BCUT2D eigenvalue weighted by Crippen LogP contribution is 2.36. The second-order valence-corrected chi connectivity index (χ2v) is 9.02. The molecule has 1 amide bonds. The number of carbonyl (C=O) groups excluding carboxylic acids is 1. The van der Waals surface area contributed by atoms with Crippen LogP contribution in [0.15, 0.2) is 78.0 Å². The third-order valence-corrected chi connectivity index (χ3v) is 6.52. The summed E-state index contributed by atoms with van der Waals surface area (Å²) in [5.41, 5.74) is 0.356. The minimum atomic E-state index is -4.63. The number of aromatic nitrogens is 3. The summed E-state index contributed by atoms with van der Waals surface area (Å²) < 4.78 is 67.0. The Balaban J connectivity index is 1.65. The highest BCUT2D eigenvalue weighted by molar-refractivity contribution is 8.00. The third kappa shape index (κ3) is 6.29. The number of benzene rings is 3. The maximum atomic E-state index is 13.5. The summed E-state index contributed by atoms with van der Waals surface area (Å²) in [7, 11) is 0. The van der Waals surface area contributed by atoms with Gasteiger partial charge in [0.2, 0.25) is 11.1 Å². The zero-order valence-corrected chi connectivity index (χ0v) is 20.1. The number of anilines is 1. The Bertz CT molecular complexity index is 1400. The highest BCUT2D eigenvalue weighted by Gasteiger charge is 2.34. The van der Waals surface area contributed by atoms with Crippen LogP contribution < -0.4 is 5.32 Å². The average molecular weight is 531 g/mol. The SMILES string of the molecule is CC[C@@H](Sc1nnc(-c2ccc(F)cc2)c(-c2ccc(F)cc2)n1)C(=O)Nc1ccccc1C(F)(F)F. The molecule has 0 aliphatic heterocycles.